The zero-order valence-corrected chi connectivity index (χ0v) is 12.4. The van der Waals surface area contributed by atoms with Crippen molar-refractivity contribution in [1.82, 2.24) is 9.88 Å². The molecule has 108 valence electrons. The number of carboxylic acid groups (broad SMARTS) is 1. The summed E-state index contributed by atoms with van der Waals surface area (Å²) >= 11 is 6.05. The predicted octanol–water partition coefficient (Wildman–Crippen LogP) is 3.28. The predicted molar refractivity (Wildman–Crippen MR) is 80.9 cm³/mol. The van der Waals surface area contributed by atoms with Gasteiger partial charge in [-0.1, -0.05) is 11.6 Å². The molecule has 4 nitrogen and oxygen atoms in total. The number of aromatic carboxylic acids is 1. The molecule has 3 heterocycles. The van der Waals surface area contributed by atoms with Crippen molar-refractivity contribution in [2.24, 2.45) is 0 Å². The summed E-state index contributed by atoms with van der Waals surface area (Å²) in [6, 6.07) is 5.94. The summed E-state index contributed by atoms with van der Waals surface area (Å²) in [5.41, 5.74) is 2.95. The summed E-state index contributed by atoms with van der Waals surface area (Å²) in [7, 11) is 2.08. The van der Waals surface area contributed by atoms with E-state index in [2.05, 4.69) is 11.9 Å². The number of carboxylic acids is 1. The van der Waals surface area contributed by atoms with Crippen LogP contribution >= 0.6 is 11.6 Å². The molecule has 2 bridgehead atoms. The van der Waals surface area contributed by atoms with Crippen LogP contribution in [0.5, 0.6) is 0 Å². The van der Waals surface area contributed by atoms with Crippen LogP contribution in [0.2, 0.25) is 5.02 Å². The molecule has 0 aliphatic carbocycles. The smallest absolute Gasteiger partial charge is 0.336 e. The zero-order chi connectivity index (χ0) is 14.7. The summed E-state index contributed by atoms with van der Waals surface area (Å²) in [5.74, 6) is -0.889. The maximum atomic E-state index is 11.9. The maximum absolute atomic E-state index is 11.9. The lowest BCUT2D eigenvalue weighted by Crippen LogP contribution is -2.35. The number of pyridine rings is 1. The first-order valence-electron chi connectivity index (χ1n) is 7.13. The minimum Gasteiger partial charge on any atom is -0.478 e. The van der Waals surface area contributed by atoms with Gasteiger partial charge >= 0.3 is 5.97 Å². The van der Waals surface area contributed by atoms with E-state index in [0.29, 0.717) is 22.0 Å². The monoisotopic (exact) mass is 302 g/mol. The van der Waals surface area contributed by atoms with Gasteiger partial charge < -0.3 is 5.11 Å². The van der Waals surface area contributed by atoms with E-state index in [4.69, 9.17) is 16.6 Å². The molecule has 21 heavy (non-hydrogen) atoms. The molecule has 2 atom stereocenters. The van der Waals surface area contributed by atoms with Gasteiger partial charge in [-0.3, -0.25) is 9.88 Å². The van der Waals surface area contributed by atoms with Gasteiger partial charge in [0.25, 0.3) is 0 Å². The second-order valence-electron chi connectivity index (χ2n) is 5.93. The van der Waals surface area contributed by atoms with Crippen molar-refractivity contribution < 1.29 is 9.90 Å². The van der Waals surface area contributed by atoms with Gasteiger partial charge in [0.15, 0.2) is 0 Å². The molecular formula is C16H15ClN2O2. The van der Waals surface area contributed by atoms with Crippen molar-refractivity contribution in [3.8, 4) is 0 Å². The SMILES string of the molecule is CN1C2CCC1c1c(nc3ccc(Cl)cc3c1C(=O)O)C2. The molecule has 1 saturated heterocycles. The molecule has 1 N–H and O–H groups in total. The van der Waals surface area contributed by atoms with Gasteiger partial charge in [-0.2, -0.15) is 0 Å². The molecule has 1 fully saturated rings. The average molecular weight is 303 g/mol. The van der Waals surface area contributed by atoms with Gasteiger partial charge in [-0.05, 0) is 38.1 Å². The van der Waals surface area contributed by atoms with Crippen molar-refractivity contribution in [1.29, 1.82) is 0 Å². The molecule has 0 amide bonds. The maximum Gasteiger partial charge on any atom is 0.336 e. The van der Waals surface area contributed by atoms with Crippen LogP contribution in [0.1, 0.15) is 40.5 Å². The molecule has 0 saturated carbocycles. The molecule has 2 aliphatic rings. The molecule has 2 aromatic rings. The van der Waals surface area contributed by atoms with E-state index in [0.717, 1.165) is 36.0 Å². The number of rotatable bonds is 1. The second kappa shape index (κ2) is 4.42. The number of hydrogen-bond acceptors (Lipinski definition) is 3. The first-order chi connectivity index (χ1) is 10.1. The molecule has 0 spiro atoms. The normalized spacial score (nSPS) is 24.3. The number of fused-ring (bicyclic) bond motifs is 5. The Hall–Kier alpha value is -1.65. The lowest BCUT2D eigenvalue weighted by atomic mass is 9.91. The number of hydrogen-bond donors (Lipinski definition) is 1. The minimum absolute atomic E-state index is 0.167. The fraction of sp³-hybridized carbons (Fsp3) is 0.375. The van der Waals surface area contributed by atoms with E-state index in [1.54, 1.807) is 12.1 Å². The van der Waals surface area contributed by atoms with E-state index < -0.39 is 5.97 Å². The van der Waals surface area contributed by atoms with Crippen LogP contribution in [-0.2, 0) is 6.42 Å². The molecule has 5 heteroatoms. The van der Waals surface area contributed by atoms with Crippen molar-refractivity contribution in [2.45, 2.75) is 31.3 Å². The lowest BCUT2D eigenvalue weighted by Gasteiger charge is -2.33. The molecule has 0 radical (unpaired) electrons. The summed E-state index contributed by atoms with van der Waals surface area (Å²) in [6.45, 7) is 0. The first-order valence-corrected chi connectivity index (χ1v) is 7.51. The van der Waals surface area contributed by atoms with E-state index in [-0.39, 0.29) is 6.04 Å². The van der Waals surface area contributed by atoms with E-state index in [9.17, 15) is 9.90 Å². The van der Waals surface area contributed by atoms with Gasteiger partial charge in [0.1, 0.15) is 0 Å². The second-order valence-corrected chi connectivity index (χ2v) is 6.37. The highest BCUT2D eigenvalue weighted by Crippen LogP contribution is 2.45. The van der Waals surface area contributed by atoms with Gasteiger partial charge in [-0.15, -0.1) is 0 Å². The number of carbonyl (C=O) groups is 1. The Morgan fingerprint density at radius 3 is 3.00 bits per heavy atom. The van der Waals surface area contributed by atoms with E-state index >= 15 is 0 Å². The third-order valence-corrected chi connectivity index (χ3v) is 5.12. The van der Waals surface area contributed by atoms with Gasteiger partial charge in [0.2, 0.25) is 0 Å². The third-order valence-electron chi connectivity index (χ3n) is 4.88. The third kappa shape index (κ3) is 1.79. The number of aromatic nitrogens is 1. The average Bonchev–Trinajstić information content (AvgIpc) is 2.68. The Morgan fingerprint density at radius 1 is 1.43 bits per heavy atom. The molecule has 2 aliphatic heterocycles. The summed E-state index contributed by atoms with van der Waals surface area (Å²) in [6.07, 6.45) is 2.94. The van der Waals surface area contributed by atoms with Gasteiger partial charge in [0.05, 0.1) is 11.1 Å². The standard InChI is InChI=1S/C16H15ClN2O2/c1-19-9-3-5-13(19)15-12(7-9)18-11-4-2-8(17)6-10(11)14(15)16(20)21/h2,4,6,9,13H,3,5,7H2,1H3,(H,20,21). The summed E-state index contributed by atoms with van der Waals surface area (Å²) < 4.78 is 0. The van der Waals surface area contributed by atoms with Gasteiger partial charge in [-0.25, -0.2) is 4.79 Å². The van der Waals surface area contributed by atoms with Crippen LogP contribution in [-0.4, -0.2) is 34.0 Å². The molecule has 1 aromatic carbocycles. The fourth-order valence-corrected chi connectivity index (χ4v) is 4.05. The van der Waals surface area contributed by atoms with Crippen LogP contribution in [0, 0.1) is 0 Å². The zero-order valence-electron chi connectivity index (χ0n) is 11.6. The largest absolute Gasteiger partial charge is 0.478 e. The van der Waals surface area contributed by atoms with Crippen molar-refractivity contribution in [3.63, 3.8) is 0 Å². The molecule has 4 rings (SSSR count). The van der Waals surface area contributed by atoms with Crippen molar-refractivity contribution >= 4 is 28.5 Å². The Kier molecular flexibility index (Phi) is 2.75. The van der Waals surface area contributed by atoms with Crippen LogP contribution < -0.4 is 0 Å². The van der Waals surface area contributed by atoms with Crippen LogP contribution in [0.4, 0.5) is 0 Å². The van der Waals surface area contributed by atoms with Crippen LogP contribution in [0.25, 0.3) is 10.9 Å². The summed E-state index contributed by atoms with van der Waals surface area (Å²) in [4.78, 5) is 18.9. The van der Waals surface area contributed by atoms with E-state index in [1.165, 1.54) is 0 Å². The summed E-state index contributed by atoms with van der Waals surface area (Å²) in [5, 5.41) is 10.9. The Bertz CT molecular complexity index is 774. The van der Waals surface area contributed by atoms with Crippen molar-refractivity contribution in [2.75, 3.05) is 7.05 Å². The molecule has 2 unspecified atom stereocenters. The number of likely N-dealkylation sites (N-methyl/N-ethyl adjacent to an activating group) is 1. The number of nitrogens with zero attached hydrogens (tertiary/aromatic N) is 2. The molecular weight excluding hydrogens is 288 g/mol. The number of halogens is 1. The van der Waals surface area contributed by atoms with E-state index in [1.807, 2.05) is 6.07 Å². The molecule has 1 aromatic heterocycles. The Balaban J connectivity index is 2.09. The quantitative estimate of drug-likeness (QED) is 0.878. The minimum atomic E-state index is -0.889. The van der Waals surface area contributed by atoms with Crippen LogP contribution in [0.3, 0.4) is 0 Å². The Labute approximate surface area is 127 Å². The fourth-order valence-electron chi connectivity index (χ4n) is 3.88. The highest BCUT2D eigenvalue weighted by atomic mass is 35.5. The highest BCUT2D eigenvalue weighted by molar-refractivity contribution is 6.31. The van der Waals surface area contributed by atoms with Gasteiger partial charge in [0, 0.05) is 40.2 Å². The lowest BCUT2D eigenvalue weighted by molar-refractivity contribution is 0.0694. The van der Waals surface area contributed by atoms with Crippen molar-refractivity contribution in [3.05, 3.63) is 40.0 Å². The van der Waals surface area contributed by atoms with Crippen LogP contribution in [0.15, 0.2) is 18.2 Å². The highest BCUT2D eigenvalue weighted by Gasteiger charge is 2.41. The number of benzene rings is 1. The topological polar surface area (TPSA) is 53.4 Å². The first kappa shape index (κ1) is 13.0. The Morgan fingerprint density at radius 2 is 2.24 bits per heavy atom.